The molecule has 0 aliphatic heterocycles. The van der Waals surface area contributed by atoms with Crippen molar-refractivity contribution in [1.82, 2.24) is 0 Å². The average Bonchev–Trinajstić information content (AvgIpc) is 2.61. The van der Waals surface area contributed by atoms with E-state index in [2.05, 4.69) is 68.3 Å². The second-order valence-electron chi connectivity index (χ2n) is 7.36. The maximum atomic E-state index is 12.8. The molecule has 2 aromatic rings. The Kier molecular flexibility index (Phi) is 6.19. The van der Waals surface area contributed by atoms with Crippen LogP contribution in [0, 0.1) is 0 Å². The second-order valence-corrected chi connectivity index (χ2v) is 16.0. The van der Waals surface area contributed by atoms with Gasteiger partial charge in [0.2, 0.25) is 0 Å². The number of hydrogen-bond acceptors (Lipinski definition) is 2. The molecule has 0 fully saturated rings. The van der Waals surface area contributed by atoms with Crippen LogP contribution in [0.1, 0.15) is 6.92 Å². The first-order chi connectivity index (χ1) is 11.8. The van der Waals surface area contributed by atoms with Crippen molar-refractivity contribution in [2.45, 2.75) is 33.1 Å². The van der Waals surface area contributed by atoms with Crippen LogP contribution in [-0.4, -0.2) is 28.7 Å². The van der Waals surface area contributed by atoms with E-state index in [9.17, 15) is 4.79 Å². The van der Waals surface area contributed by atoms with Gasteiger partial charge in [-0.3, -0.25) is 0 Å². The molecule has 4 heteroatoms. The molecular weight excluding hydrogens is 340 g/mol. The van der Waals surface area contributed by atoms with Crippen molar-refractivity contribution in [2.24, 2.45) is 0 Å². The molecule has 0 atom stereocenters. The first-order valence-electron chi connectivity index (χ1n) is 8.80. The van der Waals surface area contributed by atoms with E-state index in [0.29, 0.717) is 6.61 Å². The summed E-state index contributed by atoms with van der Waals surface area (Å²) in [6.45, 7) is 11.3. The zero-order valence-electron chi connectivity index (χ0n) is 15.9. The first-order valence-corrected chi connectivity index (χ1v) is 14.9. The van der Waals surface area contributed by atoms with Crippen LogP contribution in [0.5, 0.6) is 0 Å². The normalized spacial score (nSPS) is 12.8. The molecule has 0 aliphatic carbocycles. The Morgan fingerprint density at radius 3 is 1.84 bits per heavy atom. The summed E-state index contributed by atoms with van der Waals surface area (Å²) in [6, 6.07) is 20.9. The Morgan fingerprint density at radius 1 is 0.880 bits per heavy atom. The van der Waals surface area contributed by atoms with Crippen LogP contribution < -0.4 is 10.4 Å². The van der Waals surface area contributed by atoms with E-state index in [1.54, 1.807) is 0 Å². The van der Waals surface area contributed by atoms with Crippen molar-refractivity contribution < 1.29 is 9.53 Å². The van der Waals surface area contributed by atoms with Crippen LogP contribution in [0.4, 0.5) is 0 Å². The Morgan fingerprint density at radius 2 is 1.36 bits per heavy atom. The molecule has 0 saturated carbocycles. The van der Waals surface area contributed by atoms with Gasteiger partial charge in [-0.1, -0.05) is 103 Å². The summed E-state index contributed by atoms with van der Waals surface area (Å²) in [5, 5.41) is 3.47. The summed E-state index contributed by atoms with van der Waals surface area (Å²) in [4.78, 5) is 12.8. The Balaban J connectivity index is 2.55. The van der Waals surface area contributed by atoms with Gasteiger partial charge in [0, 0.05) is 5.20 Å². The molecule has 0 amide bonds. The van der Waals surface area contributed by atoms with Crippen LogP contribution >= 0.6 is 0 Å². The van der Waals surface area contributed by atoms with Gasteiger partial charge in [0.15, 0.2) is 0 Å². The third kappa shape index (κ3) is 4.58. The predicted molar refractivity (Wildman–Crippen MR) is 112 cm³/mol. The monoisotopic (exact) mass is 368 g/mol. The van der Waals surface area contributed by atoms with Gasteiger partial charge >= 0.3 is 5.97 Å². The third-order valence-electron chi connectivity index (χ3n) is 4.69. The van der Waals surface area contributed by atoms with Crippen LogP contribution in [0.2, 0.25) is 26.2 Å². The molecule has 0 aliphatic rings. The van der Waals surface area contributed by atoms with E-state index in [0.717, 1.165) is 5.20 Å². The van der Waals surface area contributed by atoms with Crippen molar-refractivity contribution in [3.63, 3.8) is 0 Å². The van der Waals surface area contributed by atoms with Gasteiger partial charge < -0.3 is 4.74 Å². The molecule has 2 rings (SSSR count). The van der Waals surface area contributed by atoms with Gasteiger partial charge in [0.05, 0.1) is 6.61 Å². The van der Waals surface area contributed by atoms with Crippen LogP contribution in [0.3, 0.4) is 0 Å². The molecule has 0 unspecified atom stereocenters. The summed E-state index contributed by atoms with van der Waals surface area (Å²) >= 11 is 0. The highest BCUT2D eigenvalue weighted by atomic mass is 28.3. The summed E-state index contributed by atoms with van der Waals surface area (Å²) in [7, 11) is -4.04. The molecule has 2 nitrogen and oxygen atoms in total. The number of esters is 1. The lowest BCUT2D eigenvalue weighted by molar-refractivity contribution is -0.137. The quantitative estimate of drug-likeness (QED) is 0.440. The fourth-order valence-electron chi connectivity index (χ4n) is 3.03. The summed E-state index contributed by atoms with van der Waals surface area (Å²) in [5.41, 5.74) is 2.26. The van der Waals surface area contributed by atoms with E-state index >= 15 is 0 Å². The Bertz CT molecular complexity index is 735. The first kappa shape index (κ1) is 19.4. The zero-order chi connectivity index (χ0) is 18.5. The highest BCUT2D eigenvalue weighted by Gasteiger charge is 2.36. The summed E-state index contributed by atoms with van der Waals surface area (Å²) in [6.07, 6.45) is 0. The zero-order valence-corrected chi connectivity index (χ0v) is 17.9. The minimum Gasteiger partial charge on any atom is -0.463 e. The molecule has 0 bridgehead atoms. The molecule has 132 valence electrons. The number of benzene rings is 2. The van der Waals surface area contributed by atoms with Crippen LogP contribution in [0.25, 0.3) is 0 Å². The smallest absolute Gasteiger partial charge is 0.329 e. The second kappa shape index (κ2) is 7.98. The molecule has 2 aromatic carbocycles. The van der Waals surface area contributed by atoms with Crippen molar-refractivity contribution in [3.05, 3.63) is 71.6 Å². The maximum absolute atomic E-state index is 12.8. The molecule has 0 N–H and O–H groups in total. The molecule has 25 heavy (non-hydrogen) atoms. The molecule has 0 heterocycles. The lowest BCUT2D eigenvalue weighted by Crippen LogP contribution is -2.49. The topological polar surface area (TPSA) is 26.3 Å². The Labute approximate surface area is 153 Å². The number of rotatable bonds is 6. The molecule has 0 saturated heterocycles. The standard InChI is InChI=1S/C21H28O2Si2/c1-6-23-21(22)20(25(4,5)19-15-11-8-12-16-19)17-24(2,3)18-13-9-7-10-14-18/h7-17H,6H2,1-5H3/b20-17-. The van der Waals surface area contributed by atoms with Gasteiger partial charge in [0.1, 0.15) is 16.1 Å². The average molecular weight is 369 g/mol. The van der Waals surface area contributed by atoms with Crippen molar-refractivity contribution in [3.8, 4) is 0 Å². The third-order valence-corrected chi connectivity index (χ3v) is 11.3. The predicted octanol–water partition coefficient (Wildman–Crippen LogP) is 3.79. The fraction of sp³-hybridized carbons (Fsp3) is 0.286. The van der Waals surface area contributed by atoms with E-state index in [1.165, 1.54) is 10.4 Å². The molecule has 0 radical (unpaired) electrons. The lowest BCUT2D eigenvalue weighted by atomic mass is 10.4. The van der Waals surface area contributed by atoms with E-state index < -0.39 is 16.1 Å². The van der Waals surface area contributed by atoms with Gasteiger partial charge in [-0.05, 0) is 6.92 Å². The summed E-state index contributed by atoms with van der Waals surface area (Å²) < 4.78 is 5.44. The van der Waals surface area contributed by atoms with E-state index in [4.69, 9.17) is 4.74 Å². The number of carbonyl (C=O) groups excluding carboxylic acids is 1. The highest BCUT2D eigenvalue weighted by Crippen LogP contribution is 2.21. The minimum atomic E-state index is -2.13. The summed E-state index contributed by atoms with van der Waals surface area (Å²) in [5.74, 6) is -0.153. The van der Waals surface area contributed by atoms with Crippen LogP contribution in [-0.2, 0) is 9.53 Å². The van der Waals surface area contributed by atoms with Gasteiger partial charge in [-0.15, -0.1) is 0 Å². The number of ether oxygens (including phenoxy) is 1. The largest absolute Gasteiger partial charge is 0.463 e. The van der Waals surface area contributed by atoms with Crippen molar-refractivity contribution in [1.29, 1.82) is 0 Å². The molecular formula is C21H28O2Si2. The fourth-order valence-corrected chi connectivity index (χ4v) is 9.53. The van der Waals surface area contributed by atoms with Crippen molar-refractivity contribution in [2.75, 3.05) is 6.61 Å². The van der Waals surface area contributed by atoms with Crippen LogP contribution in [0.15, 0.2) is 71.6 Å². The van der Waals surface area contributed by atoms with Crippen molar-refractivity contribution >= 4 is 32.5 Å². The van der Waals surface area contributed by atoms with E-state index in [-0.39, 0.29) is 5.97 Å². The maximum Gasteiger partial charge on any atom is 0.329 e. The van der Waals surface area contributed by atoms with Gasteiger partial charge in [-0.25, -0.2) is 4.79 Å². The SMILES string of the molecule is CCOC(=O)/C(=C/[Si](C)(C)c1ccccc1)[Si](C)(C)c1ccccc1. The van der Waals surface area contributed by atoms with E-state index in [1.807, 2.05) is 31.2 Å². The van der Waals surface area contributed by atoms with Gasteiger partial charge in [-0.2, -0.15) is 0 Å². The minimum absolute atomic E-state index is 0.153. The molecule has 0 aromatic heterocycles. The lowest BCUT2D eigenvalue weighted by Gasteiger charge is -2.29. The van der Waals surface area contributed by atoms with Gasteiger partial charge in [0.25, 0.3) is 0 Å². The number of hydrogen-bond donors (Lipinski definition) is 0. The highest BCUT2D eigenvalue weighted by molar-refractivity contribution is 7.02. The number of carbonyl (C=O) groups is 1. The molecule has 0 spiro atoms. The Hall–Kier alpha value is -1.92.